The highest BCUT2D eigenvalue weighted by Crippen LogP contribution is 2.37. The molecule has 2 aromatic rings. The third kappa shape index (κ3) is 5.71. The van der Waals surface area contributed by atoms with Gasteiger partial charge in [0.1, 0.15) is 0 Å². The summed E-state index contributed by atoms with van der Waals surface area (Å²) in [6, 6.07) is 19.1. The third-order valence-corrected chi connectivity index (χ3v) is 6.77. The normalized spacial score (nSPS) is 20.5. The number of nitriles is 1. The van der Waals surface area contributed by atoms with Crippen molar-refractivity contribution in [2.45, 2.75) is 71.6 Å². The molecule has 0 N–H and O–H groups in total. The smallest absolute Gasteiger partial charge is 0.0991 e. The van der Waals surface area contributed by atoms with Crippen LogP contribution in [0.25, 0.3) is 11.1 Å². The van der Waals surface area contributed by atoms with Gasteiger partial charge in [-0.25, -0.2) is 0 Å². The Hall–Kier alpha value is -2.07. The van der Waals surface area contributed by atoms with Crippen LogP contribution in [0.4, 0.5) is 0 Å². The minimum Gasteiger partial charge on any atom is -0.192 e. The molecule has 0 spiro atoms. The first-order valence-electron chi connectivity index (χ1n) is 11.3. The highest BCUT2D eigenvalue weighted by Gasteiger charge is 2.25. The fourth-order valence-electron chi connectivity index (χ4n) is 4.84. The highest BCUT2D eigenvalue weighted by atomic mass is 14.3. The van der Waals surface area contributed by atoms with Gasteiger partial charge in [0.2, 0.25) is 0 Å². The third-order valence-electron chi connectivity index (χ3n) is 6.77. The molecule has 1 atom stereocenters. The summed E-state index contributed by atoms with van der Waals surface area (Å²) in [5.74, 6) is 2.68. The van der Waals surface area contributed by atoms with E-state index in [1.807, 2.05) is 24.3 Å². The van der Waals surface area contributed by atoms with Crippen LogP contribution in [0, 0.1) is 29.1 Å². The highest BCUT2D eigenvalue weighted by molar-refractivity contribution is 5.64. The second-order valence-corrected chi connectivity index (χ2v) is 8.84. The molecule has 0 heterocycles. The number of hydrogen-bond acceptors (Lipinski definition) is 1. The molecule has 0 saturated heterocycles. The number of rotatable bonds is 8. The molecule has 0 amide bonds. The molecule has 28 heavy (non-hydrogen) atoms. The zero-order chi connectivity index (χ0) is 19.8. The summed E-state index contributed by atoms with van der Waals surface area (Å²) in [5, 5.41) is 8.94. The molecular formula is C27H35N. The summed E-state index contributed by atoms with van der Waals surface area (Å²) in [6.45, 7) is 4.76. The Morgan fingerprint density at radius 1 is 0.893 bits per heavy atom. The largest absolute Gasteiger partial charge is 0.192 e. The van der Waals surface area contributed by atoms with E-state index in [4.69, 9.17) is 5.26 Å². The Labute approximate surface area is 171 Å². The molecule has 1 aliphatic carbocycles. The van der Waals surface area contributed by atoms with Gasteiger partial charge in [0.05, 0.1) is 11.6 Å². The fraction of sp³-hybridized carbons (Fsp3) is 0.519. The van der Waals surface area contributed by atoms with Crippen LogP contribution in [-0.4, -0.2) is 0 Å². The van der Waals surface area contributed by atoms with Gasteiger partial charge in [-0.3, -0.25) is 0 Å². The maximum Gasteiger partial charge on any atom is 0.0991 e. The van der Waals surface area contributed by atoms with E-state index in [1.54, 1.807) is 0 Å². The van der Waals surface area contributed by atoms with E-state index in [-0.39, 0.29) is 0 Å². The lowest BCUT2D eigenvalue weighted by atomic mass is 9.73. The van der Waals surface area contributed by atoms with E-state index in [0.717, 1.165) is 17.8 Å². The Bertz CT molecular complexity index is 742. The van der Waals surface area contributed by atoms with E-state index in [0.29, 0.717) is 5.56 Å². The lowest BCUT2D eigenvalue weighted by Gasteiger charge is -2.32. The SMILES string of the molecule is CCCCCC1CCC(C(C)Cc2ccc(-c3ccc(C#N)cc3)cc2)CC1. The molecule has 1 unspecified atom stereocenters. The quantitative estimate of drug-likeness (QED) is 0.433. The van der Waals surface area contributed by atoms with Crippen molar-refractivity contribution in [3.63, 3.8) is 0 Å². The molecule has 0 radical (unpaired) electrons. The van der Waals surface area contributed by atoms with Gasteiger partial charge in [0, 0.05) is 0 Å². The van der Waals surface area contributed by atoms with E-state index >= 15 is 0 Å². The molecule has 0 bridgehead atoms. The van der Waals surface area contributed by atoms with Crippen LogP contribution in [0.1, 0.15) is 76.3 Å². The molecule has 3 rings (SSSR count). The molecule has 0 aromatic heterocycles. The Balaban J connectivity index is 1.49. The van der Waals surface area contributed by atoms with Gasteiger partial charge in [-0.2, -0.15) is 5.26 Å². The average molecular weight is 374 g/mol. The Kier molecular flexibility index (Phi) is 7.72. The molecular weight excluding hydrogens is 338 g/mol. The van der Waals surface area contributed by atoms with Crippen LogP contribution < -0.4 is 0 Å². The molecule has 1 aliphatic rings. The maximum absolute atomic E-state index is 8.94. The maximum atomic E-state index is 8.94. The van der Waals surface area contributed by atoms with Crippen molar-refractivity contribution in [3.8, 4) is 17.2 Å². The number of unbranched alkanes of at least 4 members (excludes halogenated alkanes) is 2. The van der Waals surface area contributed by atoms with Crippen LogP contribution in [0.15, 0.2) is 48.5 Å². The minimum atomic E-state index is 0.717. The van der Waals surface area contributed by atoms with E-state index in [1.165, 1.54) is 74.5 Å². The second-order valence-electron chi connectivity index (χ2n) is 8.84. The number of hydrogen-bond donors (Lipinski definition) is 0. The minimum absolute atomic E-state index is 0.717. The lowest BCUT2D eigenvalue weighted by Crippen LogP contribution is -2.21. The number of nitrogens with zero attached hydrogens (tertiary/aromatic N) is 1. The second kappa shape index (κ2) is 10.5. The van der Waals surface area contributed by atoms with Crippen LogP contribution in [0.3, 0.4) is 0 Å². The molecule has 0 aliphatic heterocycles. The van der Waals surface area contributed by atoms with Crippen molar-refractivity contribution >= 4 is 0 Å². The van der Waals surface area contributed by atoms with Crippen LogP contribution in [-0.2, 0) is 6.42 Å². The summed E-state index contributed by atoms with van der Waals surface area (Å²) < 4.78 is 0. The van der Waals surface area contributed by atoms with Crippen LogP contribution in [0.2, 0.25) is 0 Å². The zero-order valence-corrected chi connectivity index (χ0v) is 17.7. The van der Waals surface area contributed by atoms with Gasteiger partial charge in [0.15, 0.2) is 0 Å². The molecule has 1 saturated carbocycles. The average Bonchev–Trinajstić information content (AvgIpc) is 2.75. The van der Waals surface area contributed by atoms with Crippen LogP contribution >= 0.6 is 0 Å². The van der Waals surface area contributed by atoms with E-state index in [9.17, 15) is 0 Å². The summed E-state index contributed by atoms with van der Waals surface area (Å²) in [6.07, 6.45) is 12.6. The van der Waals surface area contributed by atoms with E-state index in [2.05, 4.69) is 44.2 Å². The summed E-state index contributed by atoms with van der Waals surface area (Å²) in [4.78, 5) is 0. The van der Waals surface area contributed by atoms with E-state index < -0.39 is 0 Å². The van der Waals surface area contributed by atoms with Crippen molar-refractivity contribution in [2.24, 2.45) is 17.8 Å². The Morgan fingerprint density at radius 2 is 1.50 bits per heavy atom. The molecule has 1 heteroatoms. The summed E-state index contributed by atoms with van der Waals surface area (Å²) >= 11 is 0. The fourth-order valence-corrected chi connectivity index (χ4v) is 4.84. The van der Waals surface area contributed by atoms with Crippen LogP contribution in [0.5, 0.6) is 0 Å². The van der Waals surface area contributed by atoms with Crippen molar-refractivity contribution in [3.05, 3.63) is 59.7 Å². The van der Waals surface area contributed by atoms with Gasteiger partial charge in [0.25, 0.3) is 0 Å². The first-order chi connectivity index (χ1) is 13.7. The summed E-state index contributed by atoms with van der Waals surface area (Å²) in [5.41, 5.74) is 4.58. The zero-order valence-electron chi connectivity index (χ0n) is 17.7. The topological polar surface area (TPSA) is 23.8 Å². The van der Waals surface area contributed by atoms with Gasteiger partial charge in [-0.15, -0.1) is 0 Å². The summed E-state index contributed by atoms with van der Waals surface area (Å²) in [7, 11) is 0. The first kappa shape index (κ1) is 20.7. The van der Waals surface area contributed by atoms with Gasteiger partial charge in [-0.05, 0) is 65.8 Å². The van der Waals surface area contributed by atoms with Crippen molar-refractivity contribution in [2.75, 3.05) is 0 Å². The molecule has 148 valence electrons. The molecule has 1 nitrogen and oxygen atoms in total. The van der Waals surface area contributed by atoms with Gasteiger partial charge in [-0.1, -0.05) is 88.8 Å². The first-order valence-corrected chi connectivity index (χ1v) is 11.3. The van der Waals surface area contributed by atoms with Crippen molar-refractivity contribution in [1.82, 2.24) is 0 Å². The van der Waals surface area contributed by atoms with Gasteiger partial charge >= 0.3 is 0 Å². The Morgan fingerprint density at radius 3 is 2.07 bits per heavy atom. The molecule has 2 aromatic carbocycles. The predicted octanol–water partition coefficient (Wildman–Crippen LogP) is 7.79. The standard InChI is InChI=1S/C27H35N/c1-3-4-5-6-22-7-13-25(14-8-22)21(2)19-23-9-15-26(16-10-23)27-17-11-24(20-28)12-18-27/h9-12,15-18,21-22,25H,3-8,13-14,19H2,1-2H3. The van der Waals surface area contributed by atoms with Gasteiger partial charge < -0.3 is 0 Å². The monoisotopic (exact) mass is 373 g/mol. The lowest BCUT2D eigenvalue weighted by molar-refractivity contribution is 0.204. The predicted molar refractivity (Wildman–Crippen MR) is 119 cm³/mol. The van der Waals surface area contributed by atoms with Crippen molar-refractivity contribution in [1.29, 1.82) is 5.26 Å². The number of benzene rings is 2. The molecule has 1 fully saturated rings. The van der Waals surface area contributed by atoms with Crippen molar-refractivity contribution < 1.29 is 0 Å².